The SMILES string of the molecule is CC1=C(C)CCC(I)=C1. The molecule has 0 radical (unpaired) electrons. The van der Waals surface area contributed by atoms with Gasteiger partial charge in [0.15, 0.2) is 0 Å². The van der Waals surface area contributed by atoms with Gasteiger partial charge < -0.3 is 0 Å². The summed E-state index contributed by atoms with van der Waals surface area (Å²) in [6.07, 6.45) is 4.80. The molecule has 0 aromatic carbocycles. The van der Waals surface area contributed by atoms with Gasteiger partial charge in [-0.1, -0.05) is 17.2 Å². The van der Waals surface area contributed by atoms with Gasteiger partial charge in [-0.3, -0.25) is 0 Å². The second kappa shape index (κ2) is 2.86. The first-order valence-electron chi connectivity index (χ1n) is 3.22. The molecule has 0 bridgehead atoms. The Hall–Kier alpha value is 0.210. The summed E-state index contributed by atoms with van der Waals surface area (Å²) in [6.45, 7) is 4.40. The predicted octanol–water partition coefficient (Wildman–Crippen LogP) is 3.44. The van der Waals surface area contributed by atoms with Crippen molar-refractivity contribution in [2.75, 3.05) is 0 Å². The van der Waals surface area contributed by atoms with E-state index in [2.05, 4.69) is 42.5 Å². The molecule has 0 saturated carbocycles. The number of rotatable bonds is 0. The Balaban J connectivity index is 2.83. The lowest BCUT2D eigenvalue weighted by molar-refractivity contribution is 0.934. The van der Waals surface area contributed by atoms with Gasteiger partial charge in [-0.05, 0) is 52.9 Å². The molecule has 0 saturated heterocycles. The molecule has 0 spiro atoms. The van der Waals surface area contributed by atoms with Crippen molar-refractivity contribution in [2.24, 2.45) is 0 Å². The number of hydrogen-bond acceptors (Lipinski definition) is 0. The second-order valence-corrected chi connectivity index (χ2v) is 3.94. The zero-order chi connectivity index (χ0) is 6.85. The van der Waals surface area contributed by atoms with E-state index in [-0.39, 0.29) is 0 Å². The lowest BCUT2D eigenvalue weighted by Crippen LogP contribution is -1.89. The summed E-state index contributed by atoms with van der Waals surface area (Å²) in [5.41, 5.74) is 3.01. The molecule has 0 aromatic heterocycles. The molecular weight excluding hydrogens is 223 g/mol. The van der Waals surface area contributed by atoms with E-state index in [1.807, 2.05) is 0 Å². The first-order valence-corrected chi connectivity index (χ1v) is 4.30. The third-order valence-electron chi connectivity index (χ3n) is 1.79. The summed E-state index contributed by atoms with van der Waals surface area (Å²) in [4.78, 5) is 0. The molecule has 1 heteroatoms. The van der Waals surface area contributed by atoms with E-state index in [0.717, 1.165) is 0 Å². The Kier molecular flexibility index (Phi) is 2.33. The summed E-state index contributed by atoms with van der Waals surface area (Å²) in [5.74, 6) is 0. The second-order valence-electron chi connectivity index (χ2n) is 2.55. The molecule has 0 aliphatic heterocycles. The minimum atomic E-state index is 1.25. The van der Waals surface area contributed by atoms with Gasteiger partial charge in [0.25, 0.3) is 0 Å². The fourth-order valence-corrected chi connectivity index (χ4v) is 1.67. The molecular formula is C8H11I. The van der Waals surface area contributed by atoms with Gasteiger partial charge in [0, 0.05) is 0 Å². The standard InChI is InChI=1S/C8H11I/c1-6-3-4-8(9)5-7(6)2/h5H,3-4H2,1-2H3. The van der Waals surface area contributed by atoms with E-state index in [4.69, 9.17) is 0 Å². The van der Waals surface area contributed by atoms with Crippen LogP contribution in [0.3, 0.4) is 0 Å². The molecule has 0 aromatic rings. The maximum absolute atomic E-state index is 2.41. The van der Waals surface area contributed by atoms with Crippen molar-refractivity contribution >= 4 is 22.6 Å². The highest BCUT2D eigenvalue weighted by Crippen LogP contribution is 2.26. The van der Waals surface area contributed by atoms with E-state index in [1.165, 1.54) is 22.0 Å². The number of allylic oxidation sites excluding steroid dienone is 4. The minimum Gasteiger partial charge on any atom is -0.0700 e. The van der Waals surface area contributed by atoms with Gasteiger partial charge in [-0.15, -0.1) is 0 Å². The fourth-order valence-electron chi connectivity index (χ4n) is 0.934. The third kappa shape index (κ3) is 1.81. The van der Waals surface area contributed by atoms with Gasteiger partial charge in [-0.25, -0.2) is 0 Å². The van der Waals surface area contributed by atoms with Crippen LogP contribution in [0, 0.1) is 0 Å². The van der Waals surface area contributed by atoms with Crippen molar-refractivity contribution in [3.8, 4) is 0 Å². The Morgan fingerprint density at radius 1 is 1.33 bits per heavy atom. The van der Waals surface area contributed by atoms with Crippen molar-refractivity contribution in [3.63, 3.8) is 0 Å². The van der Waals surface area contributed by atoms with Crippen molar-refractivity contribution in [2.45, 2.75) is 26.7 Å². The van der Waals surface area contributed by atoms with Gasteiger partial charge in [0.05, 0.1) is 0 Å². The van der Waals surface area contributed by atoms with E-state index in [0.29, 0.717) is 0 Å². The van der Waals surface area contributed by atoms with Crippen LogP contribution >= 0.6 is 22.6 Å². The Morgan fingerprint density at radius 2 is 2.00 bits per heavy atom. The van der Waals surface area contributed by atoms with Crippen molar-refractivity contribution in [1.82, 2.24) is 0 Å². The van der Waals surface area contributed by atoms with Crippen LogP contribution in [0.15, 0.2) is 20.8 Å². The van der Waals surface area contributed by atoms with E-state index < -0.39 is 0 Å². The highest BCUT2D eigenvalue weighted by Gasteiger charge is 2.03. The van der Waals surface area contributed by atoms with Crippen molar-refractivity contribution in [3.05, 3.63) is 20.8 Å². The number of halogens is 1. The average Bonchev–Trinajstić information content (AvgIpc) is 1.80. The van der Waals surface area contributed by atoms with E-state index in [1.54, 1.807) is 5.57 Å². The molecule has 0 heterocycles. The summed E-state index contributed by atoms with van der Waals surface area (Å²) >= 11 is 2.41. The smallest absolute Gasteiger partial charge is 0.00883 e. The summed E-state index contributed by atoms with van der Waals surface area (Å²) in [7, 11) is 0. The first-order chi connectivity index (χ1) is 4.20. The lowest BCUT2D eigenvalue weighted by atomic mass is 10.0. The van der Waals surface area contributed by atoms with Crippen LogP contribution in [-0.2, 0) is 0 Å². The van der Waals surface area contributed by atoms with Crippen molar-refractivity contribution in [1.29, 1.82) is 0 Å². The molecule has 1 rings (SSSR count). The van der Waals surface area contributed by atoms with Crippen molar-refractivity contribution < 1.29 is 0 Å². The molecule has 9 heavy (non-hydrogen) atoms. The van der Waals surface area contributed by atoms with Crippen LogP contribution < -0.4 is 0 Å². The van der Waals surface area contributed by atoms with E-state index >= 15 is 0 Å². The van der Waals surface area contributed by atoms with Crippen LogP contribution in [-0.4, -0.2) is 0 Å². The van der Waals surface area contributed by atoms with Crippen LogP contribution in [0.4, 0.5) is 0 Å². The van der Waals surface area contributed by atoms with Crippen LogP contribution in [0.1, 0.15) is 26.7 Å². The Bertz CT molecular complexity index is 175. The zero-order valence-electron chi connectivity index (χ0n) is 5.87. The molecule has 0 atom stereocenters. The first kappa shape index (κ1) is 7.32. The Labute approximate surface area is 70.2 Å². The van der Waals surface area contributed by atoms with Gasteiger partial charge >= 0.3 is 0 Å². The highest BCUT2D eigenvalue weighted by molar-refractivity contribution is 14.1. The predicted molar refractivity (Wildman–Crippen MR) is 49.7 cm³/mol. The molecule has 0 amide bonds. The van der Waals surface area contributed by atoms with Crippen LogP contribution in [0.25, 0.3) is 0 Å². The normalized spacial score (nSPS) is 20.1. The van der Waals surface area contributed by atoms with Gasteiger partial charge in [0.2, 0.25) is 0 Å². The lowest BCUT2D eigenvalue weighted by Gasteiger charge is -2.10. The quantitative estimate of drug-likeness (QED) is 0.563. The molecule has 0 nitrogen and oxygen atoms in total. The fraction of sp³-hybridized carbons (Fsp3) is 0.500. The highest BCUT2D eigenvalue weighted by atomic mass is 127. The van der Waals surface area contributed by atoms with Gasteiger partial charge in [0.1, 0.15) is 0 Å². The number of hydrogen-bond donors (Lipinski definition) is 0. The average molecular weight is 234 g/mol. The zero-order valence-corrected chi connectivity index (χ0v) is 8.03. The molecule has 0 N–H and O–H groups in total. The minimum absolute atomic E-state index is 1.25. The Morgan fingerprint density at radius 3 is 2.44 bits per heavy atom. The molecule has 1 aliphatic carbocycles. The summed E-state index contributed by atoms with van der Waals surface area (Å²) < 4.78 is 1.50. The molecule has 50 valence electrons. The summed E-state index contributed by atoms with van der Waals surface area (Å²) in [6, 6.07) is 0. The monoisotopic (exact) mass is 234 g/mol. The van der Waals surface area contributed by atoms with Gasteiger partial charge in [-0.2, -0.15) is 0 Å². The van der Waals surface area contributed by atoms with Crippen LogP contribution in [0.5, 0.6) is 0 Å². The maximum Gasteiger partial charge on any atom is -0.00883 e. The van der Waals surface area contributed by atoms with E-state index in [9.17, 15) is 0 Å². The molecule has 0 unspecified atom stereocenters. The largest absolute Gasteiger partial charge is 0.0700 e. The molecule has 0 fully saturated rings. The topological polar surface area (TPSA) is 0 Å². The maximum atomic E-state index is 2.41. The van der Waals surface area contributed by atoms with Crippen LogP contribution in [0.2, 0.25) is 0 Å². The molecule has 1 aliphatic rings. The summed E-state index contributed by atoms with van der Waals surface area (Å²) in [5, 5.41) is 0. The third-order valence-corrected chi connectivity index (χ3v) is 2.64.